The van der Waals surface area contributed by atoms with E-state index in [0.717, 1.165) is 40.1 Å². The molecule has 0 aromatic carbocycles. The van der Waals surface area contributed by atoms with Crippen molar-refractivity contribution in [2.24, 2.45) is 5.41 Å². The number of nitrogens with zero attached hydrogens (tertiary/aromatic N) is 3. The molecule has 0 spiro atoms. The zero-order valence-corrected chi connectivity index (χ0v) is 16.5. The monoisotopic (exact) mass is 378 g/mol. The van der Waals surface area contributed by atoms with E-state index < -0.39 is 0 Å². The molecule has 0 aliphatic heterocycles. The SMILES string of the molecule is Cc1cc(C(=O)N[C@H]2CC(C)(C)Cc3nc(-c4ccncc4)ncc32)cs1. The minimum absolute atomic E-state index is 0.0359. The standard InChI is InChI=1S/C21H22N4OS/c1-13-8-15(12-27-13)20(26)25-18-10-21(2,3)9-17-16(18)11-23-19(24-17)14-4-6-22-7-5-14/h4-8,11-12,18H,9-10H2,1-3H3,(H,25,26)/t18-/m0/s1. The van der Waals surface area contributed by atoms with E-state index in [0.29, 0.717) is 5.82 Å². The van der Waals surface area contributed by atoms with Crippen molar-refractivity contribution in [3.63, 3.8) is 0 Å². The Hall–Kier alpha value is -2.60. The van der Waals surface area contributed by atoms with Gasteiger partial charge in [-0.05, 0) is 43.4 Å². The van der Waals surface area contributed by atoms with Crippen LogP contribution in [0.3, 0.4) is 0 Å². The molecule has 3 heterocycles. The zero-order valence-electron chi connectivity index (χ0n) is 15.7. The highest BCUT2D eigenvalue weighted by molar-refractivity contribution is 7.10. The number of carbonyl (C=O) groups excluding carboxylic acids is 1. The number of carbonyl (C=O) groups is 1. The number of thiophene rings is 1. The summed E-state index contributed by atoms with van der Waals surface area (Å²) >= 11 is 1.59. The summed E-state index contributed by atoms with van der Waals surface area (Å²) in [6, 6.07) is 5.67. The molecule has 3 aromatic heterocycles. The molecule has 0 fully saturated rings. The number of hydrogen-bond donors (Lipinski definition) is 1. The molecule has 4 rings (SSSR count). The highest BCUT2D eigenvalue weighted by Gasteiger charge is 2.34. The number of hydrogen-bond acceptors (Lipinski definition) is 5. The highest BCUT2D eigenvalue weighted by atomic mass is 32.1. The Morgan fingerprint density at radius 3 is 2.78 bits per heavy atom. The fraction of sp³-hybridized carbons (Fsp3) is 0.333. The van der Waals surface area contributed by atoms with Gasteiger partial charge in [0.1, 0.15) is 0 Å². The number of rotatable bonds is 3. The predicted octanol–water partition coefficient (Wildman–Crippen LogP) is 4.35. The Morgan fingerprint density at radius 1 is 1.30 bits per heavy atom. The highest BCUT2D eigenvalue weighted by Crippen LogP contribution is 2.40. The van der Waals surface area contributed by atoms with Crippen LogP contribution < -0.4 is 5.32 Å². The van der Waals surface area contributed by atoms with Crippen LogP contribution in [0.5, 0.6) is 0 Å². The van der Waals surface area contributed by atoms with Crippen LogP contribution >= 0.6 is 11.3 Å². The summed E-state index contributed by atoms with van der Waals surface area (Å²) in [5, 5.41) is 5.10. The van der Waals surface area contributed by atoms with Gasteiger partial charge in [-0.3, -0.25) is 9.78 Å². The molecule has 0 unspecified atom stereocenters. The molecule has 27 heavy (non-hydrogen) atoms. The fourth-order valence-corrected chi connectivity index (χ4v) is 4.30. The predicted molar refractivity (Wildman–Crippen MR) is 107 cm³/mol. The van der Waals surface area contributed by atoms with Gasteiger partial charge in [-0.1, -0.05) is 13.8 Å². The van der Waals surface area contributed by atoms with Gasteiger partial charge >= 0.3 is 0 Å². The minimum Gasteiger partial charge on any atom is -0.345 e. The molecule has 0 saturated carbocycles. The molecule has 1 atom stereocenters. The smallest absolute Gasteiger partial charge is 0.252 e. The number of fused-ring (bicyclic) bond motifs is 1. The summed E-state index contributed by atoms with van der Waals surface area (Å²) in [7, 11) is 0. The lowest BCUT2D eigenvalue weighted by atomic mass is 9.74. The van der Waals surface area contributed by atoms with Crippen LogP contribution in [0.15, 0.2) is 42.2 Å². The molecule has 3 aromatic rings. The number of nitrogens with one attached hydrogen (secondary N) is 1. The summed E-state index contributed by atoms with van der Waals surface area (Å²) in [5.74, 6) is 0.665. The summed E-state index contributed by atoms with van der Waals surface area (Å²) in [6.45, 7) is 6.45. The van der Waals surface area contributed by atoms with Crippen LogP contribution in [0, 0.1) is 12.3 Å². The largest absolute Gasteiger partial charge is 0.345 e. The Balaban J connectivity index is 1.66. The number of aromatic nitrogens is 3. The molecule has 6 heteroatoms. The molecule has 0 bridgehead atoms. The van der Waals surface area contributed by atoms with Crippen LogP contribution in [0.25, 0.3) is 11.4 Å². The van der Waals surface area contributed by atoms with E-state index in [-0.39, 0.29) is 17.4 Å². The van der Waals surface area contributed by atoms with Gasteiger partial charge in [0.2, 0.25) is 0 Å². The number of pyridine rings is 1. The van der Waals surface area contributed by atoms with Crippen LogP contribution in [-0.4, -0.2) is 20.9 Å². The van der Waals surface area contributed by atoms with Gasteiger partial charge in [0.15, 0.2) is 5.82 Å². The van der Waals surface area contributed by atoms with Crippen molar-refractivity contribution in [3.05, 3.63) is 63.9 Å². The maximum absolute atomic E-state index is 12.7. The first-order valence-electron chi connectivity index (χ1n) is 9.03. The van der Waals surface area contributed by atoms with E-state index in [9.17, 15) is 4.79 Å². The molecule has 0 saturated heterocycles. The summed E-state index contributed by atoms with van der Waals surface area (Å²) in [6.07, 6.45) is 7.10. The molecule has 1 amide bonds. The summed E-state index contributed by atoms with van der Waals surface area (Å²) in [5.41, 5.74) is 3.76. The van der Waals surface area contributed by atoms with Crippen molar-refractivity contribution >= 4 is 17.2 Å². The summed E-state index contributed by atoms with van der Waals surface area (Å²) in [4.78, 5) is 27.3. The lowest BCUT2D eigenvalue weighted by Crippen LogP contribution is -2.37. The van der Waals surface area contributed by atoms with Crippen molar-refractivity contribution in [2.75, 3.05) is 0 Å². The Bertz CT molecular complexity index is 981. The quantitative estimate of drug-likeness (QED) is 0.736. The molecular weight excluding hydrogens is 356 g/mol. The normalized spacial score (nSPS) is 18.0. The minimum atomic E-state index is -0.0806. The molecule has 0 radical (unpaired) electrons. The van der Waals surface area contributed by atoms with E-state index in [2.05, 4.69) is 29.1 Å². The third-order valence-corrected chi connectivity index (χ3v) is 5.78. The first-order chi connectivity index (χ1) is 12.9. The average molecular weight is 379 g/mol. The molecule has 5 nitrogen and oxygen atoms in total. The van der Waals surface area contributed by atoms with Gasteiger partial charge in [0.05, 0.1) is 17.3 Å². The van der Waals surface area contributed by atoms with E-state index in [1.165, 1.54) is 0 Å². The van der Waals surface area contributed by atoms with E-state index >= 15 is 0 Å². The topological polar surface area (TPSA) is 67.8 Å². The molecule has 1 aliphatic carbocycles. The lowest BCUT2D eigenvalue weighted by Gasteiger charge is -2.36. The number of aryl methyl sites for hydroxylation is 1. The zero-order chi connectivity index (χ0) is 19.0. The molecule has 1 N–H and O–H groups in total. The van der Waals surface area contributed by atoms with Gasteiger partial charge in [0.25, 0.3) is 5.91 Å². The fourth-order valence-electron chi connectivity index (χ4n) is 3.62. The van der Waals surface area contributed by atoms with Crippen molar-refractivity contribution in [1.29, 1.82) is 0 Å². The van der Waals surface area contributed by atoms with Crippen LogP contribution in [0.2, 0.25) is 0 Å². The second-order valence-electron chi connectivity index (χ2n) is 7.85. The number of amides is 1. The van der Waals surface area contributed by atoms with Crippen molar-refractivity contribution in [3.8, 4) is 11.4 Å². The average Bonchev–Trinajstić information content (AvgIpc) is 3.07. The van der Waals surface area contributed by atoms with Crippen molar-refractivity contribution in [2.45, 2.75) is 39.7 Å². The van der Waals surface area contributed by atoms with E-state index in [1.807, 2.05) is 36.7 Å². The van der Waals surface area contributed by atoms with Gasteiger partial charge < -0.3 is 5.32 Å². The van der Waals surface area contributed by atoms with Gasteiger partial charge in [-0.2, -0.15) is 0 Å². The van der Waals surface area contributed by atoms with Crippen LogP contribution in [0.1, 0.15) is 52.8 Å². The van der Waals surface area contributed by atoms with E-state index in [1.54, 1.807) is 23.7 Å². The van der Waals surface area contributed by atoms with Gasteiger partial charge in [-0.25, -0.2) is 9.97 Å². The Kier molecular flexibility index (Phi) is 4.52. The third-order valence-electron chi connectivity index (χ3n) is 4.91. The molecule has 138 valence electrons. The van der Waals surface area contributed by atoms with Crippen LogP contribution in [0.4, 0.5) is 0 Å². The second-order valence-corrected chi connectivity index (χ2v) is 8.96. The van der Waals surface area contributed by atoms with Crippen molar-refractivity contribution in [1.82, 2.24) is 20.3 Å². The van der Waals surface area contributed by atoms with Crippen molar-refractivity contribution < 1.29 is 4.79 Å². The van der Waals surface area contributed by atoms with Gasteiger partial charge in [0, 0.05) is 40.0 Å². The maximum Gasteiger partial charge on any atom is 0.252 e. The first-order valence-corrected chi connectivity index (χ1v) is 9.91. The maximum atomic E-state index is 12.7. The van der Waals surface area contributed by atoms with E-state index in [4.69, 9.17) is 4.98 Å². The second kappa shape index (κ2) is 6.85. The first kappa shape index (κ1) is 17.8. The lowest BCUT2D eigenvalue weighted by molar-refractivity contribution is 0.0919. The van der Waals surface area contributed by atoms with Gasteiger partial charge in [-0.15, -0.1) is 11.3 Å². The Morgan fingerprint density at radius 2 is 2.07 bits per heavy atom. The Labute approximate surface area is 162 Å². The molecule has 1 aliphatic rings. The van der Waals surface area contributed by atoms with Crippen LogP contribution in [-0.2, 0) is 6.42 Å². The summed E-state index contributed by atoms with van der Waals surface area (Å²) < 4.78 is 0. The third kappa shape index (κ3) is 3.76. The molecular formula is C21H22N4OS.